The van der Waals surface area contributed by atoms with Crippen LogP contribution in [-0.4, -0.2) is 42.9 Å². The van der Waals surface area contributed by atoms with Gasteiger partial charge in [0.2, 0.25) is 0 Å². The van der Waals surface area contributed by atoms with Gasteiger partial charge in [-0.1, -0.05) is 0 Å². The van der Waals surface area contributed by atoms with Crippen molar-refractivity contribution in [1.29, 1.82) is 0 Å². The second-order valence-corrected chi connectivity index (χ2v) is 5.16. The number of aliphatic imine (C=N–C) groups is 1. The minimum Gasteiger partial charge on any atom is -0.454 e. The SMILES string of the molecule is CN[C@@H](CCCN=C(N)N)C(=O)C(=O)OC(C)(C)C. The van der Waals surface area contributed by atoms with Gasteiger partial charge in [-0.2, -0.15) is 0 Å². The van der Waals surface area contributed by atoms with E-state index in [2.05, 4.69) is 10.3 Å². The van der Waals surface area contributed by atoms with Gasteiger partial charge in [0.25, 0.3) is 5.78 Å². The fraction of sp³-hybridized carbons (Fsp3) is 0.750. The molecule has 0 spiro atoms. The molecule has 1 atom stereocenters. The van der Waals surface area contributed by atoms with E-state index in [1.165, 1.54) is 0 Å². The smallest absolute Gasteiger partial charge is 0.376 e. The van der Waals surface area contributed by atoms with E-state index in [0.29, 0.717) is 19.4 Å². The van der Waals surface area contributed by atoms with Crippen LogP contribution >= 0.6 is 0 Å². The quantitative estimate of drug-likeness (QED) is 0.190. The molecule has 0 aliphatic carbocycles. The van der Waals surface area contributed by atoms with Gasteiger partial charge < -0.3 is 21.5 Å². The Bertz CT molecular complexity index is 343. The molecule has 7 nitrogen and oxygen atoms in total. The Kier molecular flexibility index (Phi) is 7.06. The van der Waals surface area contributed by atoms with E-state index in [-0.39, 0.29) is 5.96 Å². The van der Waals surface area contributed by atoms with Crippen LogP contribution in [0.1, 0.15) is 33.6 Å². The van der Waals surface area contributed by atoms with Crippen LogP contribution in [0.2, 0.25) is 0 Å². The molecule has 19 heavy (non-hydrogen) atoms. The molecule has 0 aromatic heterocycles. The third-order valence-corrected chi connectivity index (χ3v) is 2.21. The lowest BCUT2D eigenvalue weighted by Gasteiger charge is -2.21. The van der Waals surface area contributed by atoms with Crippen molar-refractivity contribution in [2.45, 2.75) is 45.3 Å². The van der Waals surface area contributed by atoms with Gasteiger partial charge >= 0.3 is 5.97 Å². The summed E-state index contributed by atoms with van der Waals surface area (Å²) in [5.74, 6) is -1.39. The van der Waals surface area contributed by atoms with Gasteiger partial charge in [0.1, 0.15) is 5.60 Å². The van der Waals surface area contributed by atoms with E-state index in [1.807, 2.05) is 0 Å². The van der Waals surface area contributed by atoms with Gasteiger partial charge in [-0.15, -0.1) is 0 Å². The van der Waals surface area contributed by atoms with Crippen molar-refractivity contribution in [2.24, 2.45) is 16.5 Å². The van der Waals surface area contributed by atoms with E-state index in [0.717, 1.165) is 0 Å². The fourth-order valence-corrected chi connectivity index (χ4v) is 1.38. The Balaban J connectivity index is 4.32. The number of hydrogen-bond donors (Lipinski definition) is 3. The number of ketones is 1. The average molecular weight is 272 g/mol. The number of Topliss-reactive ketones (excluding diaryl/α,β-unsaturated/α-hetero) is 1. The Hall–Kier alpha value is -1.63. The maximum absolute atomic E-state index is 11.9. The lowest BCUT2D eigenvalue weighted by Crippen LogP contribution is -2.41. The van der Waals surface area contributed by atoms with Gasteiger partial charge in [-0.3, -0.25) is 9.79 Å². The second kappa shape index (κ2) is 7.73. The van der Waals surface area contributed by atoms with Crippen molar-refractivity contribution < 1.29 is 14.3 Å². The first kappa shape index (κ1) is 17.4. The fourth-order valence-electron chi connectivity index (χ4n) is 1.38. The summed E-state index contributed by atoms with van der Waals surface area (Å²) in [4.78, 5) is 27.3. The van der Waals surface area contributed by atoms with Crippen molar-refractivity contribution in [1.82, 2.24) is 5.32 Å². The number of ether oxygens (including phenoxy) is 1. The molecule has 0 rings (SSSR count). The van der Waals surface area contributed by atoms with Gasteiger partial charge in [0.05, 0.1) is 6.04 Å². The first-order valence-corrected chi connectivity index (χ1v) is 6.17. The number of esters is 1. The van der Waals surface area contributed by atoms with Gasteiger partial charge in [0, 0.05) is 6.54 Å². The average Bonchev–Trinajstić information content (AvgIpc) is 2.25. The van der Waals surface area contributed by atoms with E-state index in [9.17, 15) is 9.59 Å². The number of guanidine groups is 1. The molecule has 0 saturated carbocycles. The Morgan fingerprint density at radius 2 is 1.89 bits per heavy atom. The number of rotatable bonds is 7. The number of nitrogens with one attached hydrogen (secondary N) is 1. The molecule has 0 unspecified atom stereocenters. The lowest BCUT2D eigenvalue weighted by atomic mass is 10.1. The normalized spacial score (nSPS) is 12.6. The van der Waals surface area contributed by atoms with Crippen LogP contribution in [0.15, 0.2) is 4.99 Å². The van der Waals surface area contributed by atoms with Crippen molar-refractivity contribution in [2.75, 3.05) is 13.6 Å². The predicted molar refractivity (Wildman–Crippen MR) is 73.6 cm³/mol. The summed E-state index contributed by atoms with van der Waals surface area (Å²) in [5, 5.41) is 2.80. The van der Waals surface area contributed by atoms with Crippen LogP contribution < -0.4 is 16.8 Å². The molecule has 7 heteroatoms. The predicted octanol–water partition coefficient (Wildman–Crippen LogP) is -0.461. The summed E-state index contributed by atoms with van der Waals surface area (Å²) in [6.45, 7) is 5.56. The Labute approximate surface area is 113 Å². The molecule has 110 valence electrons. The third-order valence-electron chi connectivity index (χ3n) is 2.21. The maximum atomic E-state index is 11.9. The number of carbonyl (C=O) groups is 2. The minimum atomic E-state index is -0.825. The molecule has 0 bridgehead atoms. The molecule has 0 radical (unpaired) electrons. The molecule has 0 aliphatic heterocycles. The second-order valence-electron chi connectivity index (χ2n) is 5.16. The van der Waals surface area contributed by atoms with Crippen LogP contribution in [0.25, 0.3) is 0 Å². The van der Waals surface area contributed by atoms with Crippen LogP contribution in [0.5, 0.6) is 0 Å². The van der Waals surface area contributed by atoms with Gasteiger partial charge in [0.15, 0.2) is 5.96 Å². The Morgan fingerprint density at radius 1 is 1.32 bits per heavy atom. The molecule has 0 aliphatic rings. The van der Waals surface area contributed by atoms with Crippen LogP contribution in [-0.2, 0) is 14.3 Å². The lowest BCUT2D eigenvalue weighted by molar-refractivity contribution is -0.163. The molecular formula is C12H24N4O3. The van der Waals surface area contributed by atoms with Crippen LogP contribution in [0, 0.1) is 0 Å². The number of hydrogen-bond acceptors (Lipinski definition) is 5. The number of nitrogens with two attached hydrogens (primary N) is 2. The molecule has 0 heterocycles. The van der Waals surface area contributed by atoms with E-state index >= 15 is 0 Å². The van der Waals surface area contributed by atoms with Crippen molar-refractivity contribution in [3.63, 3.8) is 0 Å². The highest BCUT2D eigenvalue weighted by molar-refractivity contribution is 6.35. The molecule has 0 fully saturated rings. The van der Waals surface area contributed by atoms with E-state index in [4.69, 9.17) is 16.2 Å². The summed E-state index contributed by atoms with van der Waals surface area (Å²) in [6, 6.07) is -0.580. The zero-order valence-electron chi connectivity index (χ0n) is 12.0. The zero-order valence-corrected chi connectivity index (χ0v) is 12.0. The Morgan fingerprint density at radius 3 is 2.32 bits per heavy atom. The summed E-state index contributed by atoms with van der Waals surface area (Å²) in [6.07, 6.45) is 1.06. The van der Waals surface area contributed by atoms with E-state index < -0.39 is 23.4 Å². The number of likely N-dealkylation sites (N-methyl/N-ethyl adjacent to an activating group) is 1. The van der Waals surface area contributed by atoms with Gasteiger partial charge in [-0.25, -0.2) is 4.79 Å². The summed E-state index contributed by atoms with van der Waals surface area (Å²) in [5.41, 5.74) is 9.70. The first-order chi connectivity index (χ1) is 8.67. The topological polar surface area (TPSA) is 120 Å². The molecular weight excluding hydrogens is 248 g/mol. The van der Waals surface area contributed by atoms with Crippen molar-refractivity contribution in [3.05, 3.63) is 0 Å². The standard InChI is InChI=1S/C12H24N4O3/c1-12(2,3)19-10(18)9(17)8(15-4)6-5-7-16-11(13)14/h8,15H,5-7H2,1-4H3,(H4,13,14,16)/t8-/m0/s1. The van der Waals surface area contributed by atoms with Crippen molar-refractivity contribution >= 4 is 17.7 Å². The molecule has 0 amide bonds. The molecule has 0 saturated heterocycles. The first-order valence-electron chi connectivity index (χ1n) is 6.17. The van der Waals surface area contributed by atoms with E-state index in [1.54, 1.807) is 27.8 Å². The molecule has 0 aromatic rings. The van der Waals surface area contributed by atoms with Crippen molar-refractivity contribution in [3.8, 4) is 0 Å². The summed E-state index contributed by atoms with van der Waals surface area (Å²) in [7, 11) is 1.62. The van der Waals surface area contributed by atoms with Crippen LogP contribution in [0.4, 0.5) is 0 Å². The zero-order chi connectivity index (χ0) is 15.1. The minimum absolute atomic E-state index is 0.0134. The maximum Gasteiger partial charge on any atom is 0.376 e. The third kappa shape index (κ3) is 8.15. The summed E-state index contributed by atoms with van der Waals surface area (Å²) >= 11 is 0. The van der Waals surface area contributed by atoms with Gasteiger partial charge in [-0.05, 0) is 40.7 Å². The summed E-state index contributed by atoms with van der Waals surface area (Å²) < 4.78 is 5.03. The van der Waals surface area contributed by atoms with Crippen LogP contribution in [0.3, 0.4) is 0 Å². The largest absolute Gasteiger partial charge is 0.454 e. The molecule has 5 N–H and O–H groups in total. The molecule has 0 aromatic carbocycles. The highest BCUT2D eigenvalue weighted by Crippen LogP contribution is 2.09. The number of carbonyl (C=O) groups excluding carboxylic acids is 2. The highest BCUT2D eigenvalue weighted by Gasteiger charge is 2.28. The number of nitrogens with zero attached hydrogens (tertiary/aromatic N) is 1. The monoisotopic (exact) mass is 272 g/mol. The highest BCUT2D eigenvalue weighted by atomic mass is 16.6.